The van der Waals surface area contributed by atoms with Crippen LogP contribution < -0.4 is 9.88 Å². The molecular formula is C13H18N3O7+. The first-order chi connectivity index (χ1) is 10.9. The second-order valence-electron chi connectivity index (χ2n) is 4.61. The second kappa shape index (κ2) is 9.18. The Bertz CT molecular complexity index is 562. The van der Waals surface area contributed by atoms with Crippen LogP contribution in [0.1, 0.15) is 24.2 Å². The standard InChI is InChI=1S/C13H17N3O7/c1-10(2)23-13(18)21-9-15-6-3-4-11(8-15)12(17)14-5-7-22-16(19)20/h3-4,6,8,10H,5,7,9H2,1-2H3/p+1. The van der Waals surface area contributed by atoms with Crippen LogP contribution in [-0.4, -0.2) is 36.4 Å². The van der Waals surface area contributed by atoms with Gasteiger partial charge in [-0.1, -0.05) is 0 Å². The summed E-state index contributed by atoms with van der Waals surface area (Å²) in [6, 6.07) is 3.15. The molecule has 1 aromatic heterocycles. The molecule has 1 amide bonds. The van der Waals surface area contributed by atoms with E-state index in [9.17, 15) is 19.7 Å². The molecule has 126 valence electrons. The topological polar surface area (TPSA) is 121 Å². The number of nitrogens with zero attached hydrogens (tertiary/aromatic N) is 2. The average Bonchev–Trinajstić information content (AvgIpc) is 2.49. The number of nitrogens with one attached hydrogen (secondary N) is 1. The zero-order valence-corrected chi connectivity index (χ0v) is 12.8. The van der Waals surface area contributed by atoms with E-state index in [2.05, 4.69) is 10.2 Å². The van der Waals surface area contributed by atoms with Gasteiger partial charge in [0.05, 0.1) is 6.10 Å². The minimum Gasteiger partial charge on any atom is -0.431 e. The van der Waals surface area contributed by atoms with E-state index in [4.69, 9.17) is 9.47 Å². The maximum Gasteiger partial charge on any atom is 0.513 e. The fourth-order valence-corrected chi connectivity index (χ4v) is 1.48. The van der Waals surface area contributed by atoms with Gasteiger partial charge in [0.25, 0.3) is 17.7 Å². The summed E-state index contributed by atoms with van der Waals surface area (Å²) in [7, 11) is 0. The Morgan fingerprint density at radius 3 is 2.83 bits per heavy atom. The predicted octanol–water partition coefficient (Wildman–Crippen LogP) is 0.431. The van der Waals surface area contributed by atoms with Crippen molar-refractivity contribution in [2.45, 2.75) is 26.7 Å². The van der Waals surface area contributed by atoms with Gasteiger partial charge in [0.2, 0.25) is 0 Å². The molecule has 0 radical (unpaired) electrons. The fourth-order valence-electron chi connectivity index (χ4n) is 1.48. The van der Waals surface area contributed by atoms with Crippen molar-refractivity contribution in [1.82, 2.24) is 5.32 Å². The summed E-state index contributed by atoms with van der Waals surface area (Å²) >= 11 is 0. The average molecular weight is 328 g/mol. The van der Waals surface area contributed by atoms with Crippen LogP contribution in [0.25, 0.3) is 0 Å². The number of carbonyl (C=O) groups excluding carboxylic acids is 2. The summed E-state index contributed by atoms with van der Waals surface area (Å²) < 4.78 is 11.2. The summed E-state index contributed by atoms with van der Waals surface area (Å²) in [5, 5.41) is 11.5. The van der Waals surface area contributed by atoms with Crippen molar-refractivity contribution in [3.8, 4) is 0 Å². The molecule has 1 rings (SSSR count). The molecule has 10 heteroatoms. The van der Waals surface area contributed by atoms with Crippen molar-refractivity contribution in [3.63, 3.8) is 0 Å². The summed E-state index contributed by atoms with van der Waals surface area (Å²) in [5.41, 5.74) is 0.300. The number of hydrogen-bond donors (Lipinski definition) is 1. The predicted molar refractivity (Wildman–Crippen MR) is 74.6 cm³/mol. The summed E-state index contributed by atoms with van der Waals surface area (Å²) in [6.07, 6.45) is 1.98. The summed E-state index contributed by atoms with van der Waals surface area (Å²) in [5.74, 6) is -0.434. The van der Waals surface area contributed by atoms with Crippen LogP contribution in [0.4, 0.5) is 4.79 Å². The Labute approximate surface area is 132 Å². The minimum atomic E-state index is -0.934. The number of carbonyl (C=O) groups is 2. The van der Waals surface area contributed by atoms with Gasteiger partial charge in [0.15, 0.2) is 12.4 Å². The van der Waals surface area contributed by atoms with Gasteiger partial charge in [0, 0.05) is 12.6 Å². The number of pyridine rings is 1. The molecular weight excluding hydrogens is 310 g/mol. The van der Waals surface area contributed by atoms with E-state index >= 15 is 0 Å². The smallest absolute Gasteiger partial charge is 0.431 e. The molecule has 0 saturated heterocycles. The minimum absolute atomic E-state index is 0.00801. The number of amides is 1. The van der Waals surface area contributed by atoms with Crippen LogP contribution >= 0.6 is 0 Å². The molecule has 0 aliphatic rings. The van der Waals surface area contributed by atoms with Crippen LogP contribution in [0.15, 0.2) is 24.5 Å². The molecule has 0 aliphatic carbocycles. The van der Waals surface area contributed by atoms with Crippen LogP contribution in [0.2, 0.25) is 0 Å². The third-order valence-corrected chi connectivity index (χ3v) is 2.37. The Morgan fingerprint density at radius 1 is 1.43 bits per heavy atom. The SMILES string of the molecule is CC(C)OC(=O)OC[n+]1cccc(C(=O)NCCO[N+](=O)[O-])c1. The molecule has 0 aromatic carbocycles. The molecule has 0 saturated carbocycles. The summed E-state index contributed by atoms with van der Waals surface area (Å²) in [6.45, 7) is 3.03. The van der Waals surface area contributed by atoms with Crippen LogP contribution in [0.3, 0.4) is 0 Å². The van der Waals surface area contributed by atoms with Crippen molar-refractivity contribution in [2.75, 3.05) is 13.2 Å². The van der Waals surface area contributed by atoms with Gasteiger partial charge in [-0.15, -0.1) is 10.1 Å². The number of hydrogen-bond acceptors (Lipinski definition) is 7. The maximum atomic E-state index is 11.8. The molecule has 10 nitrogen and oxygen atoms in total. The lowest BCUT2D eigenvalue weighted by Gasteiger charge is -2.07. The highest BCUT2D eigenvalue weighted by atomic mass is 16.9. The quantitative estimate of drug-likeness (QED) is 0.241. The van der Waals surface area contributed by atoms with Crippen molar-refractivity contribution in [1.29, 1.82) is 0 Å². The van der Waals surface area contributed by atoms with E-state index in [1.54, 1.807) is 32.2 Å². The molecule has 0 fully saturated rings. The molecule has 1 N–H and O–H groups in total. The van der Waals surface area contributed by atoms with Crippen LogP contribution in [0.5, 0.6) is 0 Å². The largest absolute Gasteiger partial charge is 0.513 e. The van der Waals surface area contributed by atoms with Gasteiger partial charge < -0.3 is 19.6 Å². The first-order valence-corrected chi connectivity index (χ1v) is 6.76. The van der Waals surface area contributed by atoms with E-state index < -0.39 is 17.1 Å². The van der Waals surface area contributed by atoms with E-state index in [0.29, 0.717) is 5.56 Å². The lowest BCUT2D eigenvalue weighted by atomic mass is 10.2. The van der Waals surface area contributed by atoms with Crippen molar-refractivity contribution in [3.05, 3.63) is 40.2 Å². The molecule has 0 bridgehead atoms. The van der Waals surface area contributed by atoms with E-state index in [1.165, 1.54) is 10.8 Å². The van der Waals surface area contributed by atoms with Gasteiger partial charge in [0.1, 0.15) is 12.2 Å². The van der Waals surface area contributed by atoms with Crippen LogP contribution in [0, 0.1) is 10.1 Å². The molecule has 0 atom stereocenters. The fraction of sp³-hybridized carbons (Fsp3) is 0.462. The first-order valence-electron chi connectivity index (χ1n) is 6.76. The Morgan fingerprint density at radius 2 is 2.17 bits per heavy atom. The highest BCUT2D eigenvalue weighted by molar-refractivity contribution is 5.93. The second-order valence-corrected chi connectivity index (χ2v) is 4.61. The van der Waals surface area contributed by atoms with Crippen LogP contribution in [-0.2, 0) is 21.0 Å². The number of rotatable bonds is 8. The monoisotopic (exact) mass is 328 g/mol. The summed E-state index contributed by atoms with van der Waals surface area (Å²) in [4.78, 5) is 37.2. The van der Waals surface area contributed by atoms with Crippen molar-refractivity contribution in [2.24, 2.45) is 0 Å². The van der Waals surface area contributed by atoms with Crippen molar-refractivity contribution < 1.29 is 33.6 Å². The maximum absolute atomic E-state index is 11.8. The Balaban J connectivity index is 2.47. The van der Waals surface area contributed by atoms with Gasteiger partial charge in [-0.05, 0) is 19.9 Å². The molecule has 1 heterocycles. The highest BCUT2D eigenvalue weighted by Crippen LogP contribution is 1.96. The molecule has 23 heavy (non-hydrogen) atoms. The Kier molecular flexibility index (Phi) is 7.24. The number of aromatic nitrogens is 1. The van der Waals surface area contributed by atoms with E-state index in [1.807, 2.05) is 0 Å². The van der Waals surface area contributed by atoms with Gasteiger partial charge in [-0.25, -0.2) is 4.79 Å². The Hall–Kier alpha value is -2.91. The zero-order chi connectivity index (χ0) is 17.2. The van der Waals surface area contributed by atoms with Crippen molar-refractivity contribution >= 4 is 12.1 Å². The molecule has 0 spiro atoms. The molecule has 0 unspecified atom stereocenters. The third kappa shape index (κ3) is 7.60. The van der Waals surface area contributed by atoms with Gasteiger partial charge in [-0.3, -0.25) is 4.79 Å². The lowest BCUT2D eigenvalue weighted by molar-refractivity contribution is -0.757. The van der Waals surface area contributed by atoms with E-state index in [-0.39, 0.29) is 26.0 Å². The highest BCUT2D eigenvalue weighted by Gasteiger charge is 2.13. The zero-order valence-electron chi connectivity index (χ0n) is 12.8. The first kappa shape index (κ1) is 18.1. The van der Waals surface area contributed by atoms with E-state index in [0.717, 1.165) is 0 Å². The normalized spacial score (nSPS) is 10.0. The molecule has 0 aliphatic heterocycles. The molecule has 1 aromatic rings. The van der Waals surface area contributed by atoms with Gasteiger partial charge in [-0.2, -0.15) is 4.57 Å². The van der Waals surface area contributed by atoms with Gasteiger partial charge >= 0.3 is 6.16 Å². The lowest BCUT2D eigenvalue weighted by Crippen LogP contribution is -2.38. The number of ether oxygens (including phenoxy) is 2. The third-order valence-electron chi connectivity index (χ3n) is 2.37.